The summed E-state index contributed by atoms with van der Waals surface area (Å²) in [5.74, 6) is 4.29. The smallest absolute Gasteiger partial charge is 0.130 e. The fourth-order valence-corrected chi connectivity index (χ4v) is 6.64. The Bertz CT molecular complexity index is 682. The first-order valence-electron chi connectivity index (χ1n) is 13.6. The number of rotatable bonds is 8. The molecule has 0 bridgehead atoms. The van der Waals surface area contributed by atoms with Crippen LogP contribution in [0.25, 0.3) is 0 Å². The van der Waals surface area contributed by atoms with E-state index in [9.17, 15) is 4.39 Å². The van der Waals surface area contributed by atoms with Crippen molar-refractivity contribution < 1.29 is 9.13 Å². The standard InChI is InChI=1S/C29H45FO/c1-3-21-9-11-23(12-10-21)7-5-6-8-25-19-26-17-18-28(31-29(26)20-27(25)30)24-15-13-22(4-2)14-16-24/h19-24,28H,3-18H2,1-2H3. The number of ether oxygens (including phenoxy) is 1. The van der Waals surface area contributed by atoms with Gasteiger partial charge in [0.2, 0.25) is 0 Å². The SMILES string of the molecule is CCC1CCC(CCCCc2cc3c(cc2F)OC(C2CCC(CC)CC2)CC3)CC1. The number of hydrogen-bond acceptors (Lipinski definition) is 1. The van der Waals surface area contributed by atoms with Crippen molar-refractivity contribution in [2.75, 3.05) is 0 Å². The molecule has 0 radical (unpaired) electrons. The van der Waals surface area contributed by atoms with Crippen molar-refractivity contribution in [1.29, 1.82) is 0 Å². The first kappa shape index (κ1) is 23.1. The lowest BCUT2D eigenvalue weighted by Gasteiger charge is -2.36. The van der Waals surface area contributed by atoms with Crippen LogP contribution in [0.1, 0.15) is 115 Å². The summed E-state index contributed by atoms with van der Waals surface area (Å²) in [7, 11) is 0. The molecule has 31 heavy (non-hydrogen) atoms. The molecule has 2 fully saturated rings. The first-order chi connectivity index (χ1) is 15.2. The maximum atomic E-state index is 14.8. The van der Waals surface area contributed by atoms with Crippen LogP contribution in [0.4, 0.5) is 4.39 Å². The minimum absolute atomic E-state index is 0.0439. The van der Waals surface area contributed by atoms with E-state index in [2.05, 4.69) is 19.9 Å². The molecule has 1 atom stereocenters. The lowest BCUT2D eigenvalue weighted by molar-refractivity contribution is 0.0761. The molecule has 0 spiro atoms. The molecule has 1 aromatic carbocycles. The topological polar surface area (TPSA) is 9.23 Å². The summed E-state index contributed by atoms with van der Waals surface area (Å²) in [5.41, 5.74) is 2.16. The molecular formula is C29H45FO. The second-order valence-corrected chi connectivity index (χ2v) is 11.0. The second-order valence-electron chi connectivity index (χ2n) is 11.0. The molecule has 1 unspecified atom stereocenters. The zero-order valence-electron chi connectivity index (χ0n) is 20.1. The van der Waals surface area contributed by atoms with Crippen molar-refractivity contribution in [2.24, 2.45) is 23.7 Å². The Kier molecular flexibility index (Phi) is 8.35. The predicted molar refractivity (Wildman–Crippen MR) is 128 cm³/mol. The molecule has 0 N–H and O–H groups in total. The number of aryl methyl sites for hydroxylation is 2. The molecule has 0 aromatic heterocycles. The van der Waals surface area contributed by atoms with Gasteiger partial charge in [-0.15, -0.1) is 0 Å². The van der Waals surface area contributed by atoms with E-state index in [1.165, 1.54) is 82.6 Å². The Morgan fingerprint density at radius 2 is 1.45 bits per heavy atom. The van der Waals surface area contributed by atoms with Crippen LogP contribution in [0.15, 0.2) is 12.1 Å². The Balaban J connectivity index is 1.23. The zero-order chi connectivity index (χ0) is 21.6. The fourth-order valence-electron chi connectivity index (χ4n) is 6.64. The van der Waals surface area contributed by atoms with Gasteiger partial charge in [-0.1, -0.05) is 78.1 Å². The monoisotopic (exact) mass is 428 g/mol. The summed E-state index contributed by atoms with van der Waals surface area (Å²) in [5, 5.41) is 0. The zero-order valence-corrected chi connectivity index (χ0v) is 20.1. The summed E-state index contributed by atoms with van der Waals surface area (Å²) in [6.45, 7) is 4.65. The minimum Gasteiger partial charge on any atom is -0.490 e. The van der Waals surface area contributed by atoms with Crippen molar-refractivity contribution in [3.8, 4) is 5.75 Å². The van der Waals surface area contributed by atoms with E-state index < -0.39 is 0 Å². The molecule has 2 aliphatic carbocycles. The molecule has 3 aliphatic rings. The normalized spacial score (nSPS) is 31.1. The second kappa shape index (κ2) is 11.2. The fraction of sp³-hybridized carbons (Fsp3) is 0.793. The molecule has 4 rings (SSSR count). The van der Waals surface area contributed by atoms with Crippen LogP contribution >= 0.6 is 0 Å². The summed E-state index contributed by atoms with van der Waals surface area (Å²) >= 11 is 0. The first-order valence-corrected chi connectivity index (χ1v) is 13.6. The molecule has 0 saturated heterocycles. The maximum Gasteiger partial charge on any atom is 0.130 e. The summed E-state index contributed by atoms with van der Waals surface area (Å²) in [4.78, 5) is 0. The van der Waals surface area contributed by atoms with E-state index in [1.807, 2.05) is 0 Å². The van der Waals surface area contributed by atoms with E-state index in [1.54, 1.807) is 6.07 Å². The number of benzene rings is 1. The Hall–Kier alpha value is -1.05. The van der Waals surface area contributed by atoms with E-state index in [-0.39, 0.29) is 5.82 Å². The highest BCUT2D eigenvalue weighted by Gasteiger charge is 2.31. The van der Waals surface area contributed by atoms with Gasteiger partial charge in [0.05, 0.1) is 0 Å². The van der Waals surface area contributed by atoms with Gasteiger partial charge in [-0.05, 0) is 79.4 Å². The molecule has 1 heterocycles. The van der Waals surface area contributed by atoms with Gasteiger partial charge in [0, 0.05) is 6.07 Å². The largest absolute Gasteiger partial charge is 0.490 e. The van der Waals surface area contributed by atoms with E-state index >= 15 is 0 Å². The average molecular weight is 429 g/mol. The van der Waals surface area contributed by atoms with Gasteiger partial charge < -0.3 is 4.74 Å². The van der Waals surface area contributed by atoms with Crippen molar-refractivity contribution in [2.45, 2.75) is 123 Å². The third kappa shape index (κ3) is 6.05. The third-order valence-electron chi connectivity index (χ3n) is 9.05. The quantitative estimate of drug-likeness (QED) is 0.376. The third-order valence-corrected chi connectivity index (χ3v) is 9.05. The number of fused-ring (bicyclic) bond motifs is 1. The van der Waals surface area contributed by atoms with Gasteiger partial charge >= 0.3 is 0 Å². The van der Waals surface area contributed by atoms with Crippen molar-refractivity contribution in [3.63, 3.8) is 0 Å². The summed E-state index contributed by atoms with van der Waals surface area (Å²) in [6.07, 6.45) is 20.7. The van der Waals surface area contributed by atoms with Crippen LogP contribution in [-0.2, 0) is 12.8 Å². The Morgan fingerprint density at radius 3 is 2.13 bits per heavy atom. The van der Waals surface area contributed by atoms with Crippen LogP contribution < -0.4 is 4.74 Å². The highest BCUT2D eigenvalue weighted by atomic mass is 19.1. The van der Waals surface area contributed by atoms with Crippen molar-refractivity contribution in [1.82, 2.24) is 0 Å². The molecule has 0 amide bonds. The summed E-state index contributed by atoms with van der Waals surface area (Å²) < 4.78 is 21.2. The van der Waals surface area contributed by atoms with E-state index in [0.717, 1.165) is 54.7 Å². The van der Waals surface area contributed by atoms with Gasteiger partial charge in [0.1, 0.15) is 17.7 Å². The van der Waals surface area contributed by atoms with Crippen LogP contribution in [0, 0.1) is 29.5 Å². The predicted octanol–water partition coefficient (Wildman–Crippen LogP) is 8.66. The maximum absolute atomic E-state index is 14.8. The van der Waals surface area contributed by atoms with Crippen molar-refractivity contribution >= 4 is 0 Å². The lowest BCUT2D eigenvalue weighted by atomic mass is 9.77. The highest BCUT2D eigenvalue weighted by Crippen LogP contribution is 2.39. The molecular weight excluding hydrogens is 383 g/mol. The highest BCUT2D eigenvalue weighted by molar-refractivity contribution is 5.40. The van der Waals surface area contributed by atoms with Crippen LogP contribution in [0.5, 0.6) is 5.75 Å². The minimum atomic E-state index is -0.0439. The Morgan fingerprint density at radius 1 is 0.806 bits per heavy atom. The molecule has 1 aromatic rings. The van der Waals surface area contributed by atoms with E-state index in [4.69, 9.17) is 4.74 Å². The molecule has 2 saturated carbocycles. The van der Waals surface area contributed by atoms with Crippen LogP contribution in [-0.4, -0.2) is 6.10 Å². The lowest BCUT2D eigenvalue weighted by Crippen LogP contribution is -2.33. The number of halogens is 1. The van der Waals surface area contributed by atoms with Gasteiger partial charge in [0.25, 0.3) is 0 Å². The molecule has 174 valence electrons. The number of hydrogen-bond donors (Lipinski definition) is 0. The molecule has 1 aliphatic heterocycles. The Labute approximate surface area is 190 Å². The van der Waals surface area contributed by atoms with Crippen LogP contribution in [0.3, 0.4) is 0 Å². The van der Waals surface area contributed by atoms with Crippen LogP contribution in [0.2, 0.25) is 0 Å². The van der Waals surface area contributed by atoms with Gasteiger partial charge in [-0.2, -0.15) is 0 Å². The molecule has 1 nitrogen and oxygen atoms in total. The summed E-state index contributed by atoms with van der Waals surface area (Å²) in [6, 6.07) is 3.84. The number of unbranched alkanes of at least 4 members (excludes halogenated alkanes) is 1. The van der Waals surface area contributed by atoms with Gasteiger partial charge in [0.15, 0.2) is 0 Å². The van der Waals surface area contributed by atoms with Crippen molar-refractivity contribution in [3.05, 3.63) is 29.1 Å². The van der Waals surface area contributed by atoms with Gasteiger partial charge in [-0.25, -0.2) is 4.39 Å². The van der Waals surface area contributed by atoms with Gasteiger partial charge in [-0.3, -0.25) is 0 Å². The molecule has 2 heteroatoms. The van der Waals surface area contributed by atoms with E-state index in [0.29, 0.717) is 12.0 Å². The average Bonchev–Trinajstić information content (AvgIpc) is 2.82.